The molecule has 188 valence electrons. The van der Waals surface area contributed by atoms with E-state index in [1.807, 2.05) is 0 Å². The van der Waals surface area contributed by atoms with Gasteiger partial charge in [-0.3, -0.25) is 19.2 Å². The van der Waals surface area contributed by atoms with Crippen molar-refractivity contribution in [1.29, 1.82) is 0 Å². The molecule has 0 aliphatic rings. The van der Waals surface area contributed by atoms with Gasteiger partial charge in [-0.2, -0.15) is 12.6 Å². The summed E-state index contributed by atoms with van der Waals surface area (Å²) >= 11 is 4.05. The van der Waals surface area contributed by atoms with Crippen LogP contribution in [0.2, 0.25) is 0 Å². The molecule has 0 saturated carbocycles. The molecular weight excluding hydrogens is 466 g/mol. The molecule has 12 nitrogen and oxygen atoms in total. The molecule has 1 aromatic rings. The standard InChI is InChI=1S/C21H31N5O7S/c1-11(27)17(23)20(31)24-13(7-8-16(22)28)18(29)26-15(10-34)19(30)25-14(21(32)33)9-12-5-3-2-4-6-12/h2-6,11,13-15,17,27,34H,7-10,23H2,1H3,(H2,22,28)(H,24,31)(H,25,30)(H,26,29)(H,32,33). The zero-order chi connectivity index (χ0) is 25.8. The van der Waals surface area contributed by atoms with Gasteiger partial charge in [-0.15, -0.1) is 0 Å². The number of nitrogens with one attached hydrogen (secondary N) is 3. The Bertz CT molecular complexity index is 868. The van der Waals surface area contributed by atoms with Crippen LogP contribution in [0.4, 0.5) is 0 Å². The van der Waals surface area contributed by atoms with E-state index in [9.17, 15) is 34.2 Å². The molecule has 13 heteroatoms. The number of carboxylic acid groups (broad SMARTS) is 1. The number of aliphatic hydroxyl groups excluding tert-OH is 1. The third-order valence-electron chi connectivity index (χ3n) is 4.85. The van der Waals surface area contributed by atoms with Crippen molar-refractivity contribution in [3.63, 3.8) is 0 Å². The Kier molecular flexibility index (Phi) is 12.0. The molecule has 0 aliphatic carbocycles. The Hall–Kier alpha value is -3.16. The van der Waals surface area contributed by atoms with Gasteiger partial charge in [0.05, 0.1) is 6.10 Å². The van der Waals surface area contributed by atoms with Gasteiger partial charge in [-0.05, 0) is 18.9 Å². The average Bonchev–Trinajstić information content (AvgIpc) is 2.78. The van der Waals surface area contributed by atoms with Gasteiger partial charge in [0, 0.05) is 18.6 Å². The first-order valence-electron chi connectivity index (χ1n) is 10.5. The molecule has 5 atom stereocenters. The van der Waals surface area contributed by atoms with E-state index in [0.717, 1.165) is 0 Å². The molecule has 0 heterocycles. The number of aliphatic hydroxyl groups is 1. The topological polar surface area (TPSA) is 214 Å². The first-order chi connectivity index (χ1) is 16.0. The van der Waals surface area contributed by atoms with Crippen LogP contribution in [-0.2, 0) is 30.4 Å². The number of aliphatic carboxylic acids is 1. The normalized spacial score (nSPS) is 15.2. The van der Waals surface area contributed by atoms with Gasteiger partial charge in [0.15, 0.2) is 0 Å². The highest BCUT2D eigenvalue weighted by molar-refractivity contribution is 7.80. The molecule has 0 fully saturated rings. The second-order valence-electron chi connectivity index (χ2n) is 7.67. The van der Waals surface area contributed by atoms with Gasteiger partial charge in [0.2, 0.25) is 23.6 Å². The highest BCUT2D eigenvalue weighted by atomic mass is 32.1. The van der Waals surface area contributed by atoms with Crippen LogP contribution in [0.1, 0.15) is 25.3 Å². The summed E-state index contributed by atoms with van der Waals surface area (Å²) in [5.41, 5.74) is 11.4. The quantitative estimate of drug-likeness (QED) is 0.130. The first-order valence-corrected chi connectivity index (χ1v) is 11.1. The Balaban J connectivity index is 2.89. The predicted octanol–water partition coefficient (Wildman–Crippen LogP) is -2.33. The Labute approximate surface area is 202 Å². The van der Waals surface area contributed by atoms with Crippen molar-refractivity contribution in [3.8, 4) is 0 Å². The van der Waals surface area contributed by atoms with Crippen LogP contribution < -0.4 is 27.4 Å². The van der Waals surface area contributed by atoms with E-state index in [2.05, 4.69) is 28.6 Å². The lowest BCUT2D eigenvalue weighted by molar-refractivity contribution is -0.142. The van der Waals surface area contributed by atoms with Crippen molar-refractivity contribution in [1.82, 2.24) is 16.0 Å². The largest absolute Gasteiger partial charge is 0.480 e. The summed E-state index contributed by atoms with van der Waals surface area (Å²) in [6, 6.07) is 3.53. The van der Waals surface area contributed by atoms with E-state index >= 15 is 0 Å². The molecule has 34 heavy (non-hydrogen) atoms. The number of rotatable bonds is 14. The minimum atomic E-state index is -1.33. The van der Waals surface area contributed by atoms with Gasteiger partial charge in [0.1, 0.15) is 24.2 Å². The monoisotopic (exact) mass is 497 g/mol. The predicted molar refractivity (Wildman–Crippen MR) is 126 cm³/mol. The fourth-order valence-corrected chi connectivity index (χ4v) is 3.09. The number of amides is 4. The zero-order valence-electron chi connectivity index (χ0n) is 18.6. The lowest BCUT2D eigenvalue weighted by atomic mass is 10.1. The van der Waals surface area contributed by atoms with Crippen LogP contribution in [0.15, 0.2) is 30.3 Å². The molecule has 9 N–H and O–H groups in total. The van der Waals surface area contributed by atoms with Crippen molar-refractivity contribution < 1.29 is 34.2 Å². The Morgan fingerprint density at radius 1 is 0.941 bits per heavy atom. The number of carbonyl (C=O) groups is 5. The van der Waals surface area contributed by atoms with E-state index in [0.29, 0.717) is 5.56 Å². The summed E-state index contributed by atoms with van der Waals surface area (Å²) < 4.78 is 0. The summed E-state index contributed by atoms with van der Waals surface area (Å²) in [5.74, 6) is -4.65. The van der Waals surface area contributed by atoms with Crippen molar-refractivity contribution in [2.75, 3.05) is 5.75 Å². The van der Waals surface area contributed by atoms with Crippen LogP contribution in [0.5, 0.6) is 0 Å². The highest BCUT2D eigenvalue weighted by Gasteiger charge is 2.30. The molecule has 1 rings (SSSR count). The van der Waals surface area contributed by atoms with Gasteiger partial charge in [0.25, 0.3) is 0 Å². The Morgan fingerprint density at radius 3 is 1.97 bits per heavy atom. The maximum Gasteiger partial charge on any atom is 0.326 e. The van der Waals surface area contributed by atoms with E-state index in [-0.39, 0.29) is 25.0 Å². The number of carboxylic acids is 1. The SMILES string of the molecule is CC(O)C(N)C(=O)NC(CCC(N)=O)C(=O)NC(CS)C(=O)NC(Cc1ccccc1)C(=O)O. The van der Waals surface area contributed by atoms with Crippen molar-refractivity contribution in [3.05, 3.63) is 35.9 Å². The van der Waals surface area contributed by atoms with Crippen LogP contribution in [0, 0.1) is 0 Å². The fourth-order valence-electron chi connectivity index (χ4n) is 2.83. The number of benzene rings is 1. The van der Waals surface area contributed by atoms with Crippen LogP contribution >= 0.6 is 12.6 Å². The highest BCUT2D eigenvalue weighted by Crippen LogP contribution is 2.05. The third-order valence-corrected chi connectivity index (χ3v) is 5.21. The van der Waals surface area contributed by atoms with E-state index in [1.165, 1.54) is 6.92 Å². The molecule has 0 spiro atoms. The maximum absolute atomic E-state index is 12.8. The minimum Gasteiger partial charge on any atom is -0.480 e. The molecule has 1 aromatic carbocycles. The third kappa shape index (κ3) is 9.77. The molecule has 0 bridgehead atoms. The maximum atomic E-state index is 12.8. The molecule has 0 aromatic heterocycles. The second kappa shape index (κ2) is 14.2. The van der Waals surface area contributed by atoms with Gasteiger partial charge in [-0.25, -0.2) is 4.79 Å². The number of carbonyl (C=O) groups excluding carboxylic acids is 4. The van der Waals surface area contributed by atoms with Gasteiger partial charge < -0.3 is 37.6 Å². The average molecular weight is 498 g/mol. The number of nitrogens with two attached hydrogens (primary N) is 2. The summed E-state index contributed by atoms with van der Waals surface area (Å²) in [5, 5.41) is 26.0. The number of primary amides is 1. The van der Waals surface area contributed by atoms with Crippen LogP contribution in [-0.4, -0.2) is 75.8 Å². The smallest absolute Gasteiger partial charge is 0.326 e. The lowest BCUT2D eigenvalue weighted by Gasteiger charge is -2.24. The second-order valence-corrected chi connectivity index (χ2v) is 8.03. The lowest BCUT2D eigenvalue weighted by Crippen LogP contribution is -2.58. The molecule has 4 amide bonds. The summed E-state index contributed by atoms with van der Waals surface area (Å²) in [4.78, 5) is 60.4. The number of thiol groups is 1. The van der Waals surface area contributed by atoms with Crippen molar-refractivity contribution >= 4 is 42.2 Å². The molecule has 0 aliphatic heterocycles. The van der Waals surface area contributed by atoms with Gasteiger partial charge in [-0.1, -0.05) is 30.3 Å². The Morgan fingerprint density at radius 2 is 1.47 bits per heavy atom. The molecule has 0 radical (unpaired) electrons. The number of hydrogen-bond acceptors (Lipinski definition) is 8. The summed E-state index contributed by atoms with van der Waals surface area (Å²) in [6.45, 7) is 1.29. The first kappa shape index (κ1) is 28.9. The van der Waals surface area contributed by atoms with Crippen molar-refractivity contribution in [2.45, 2.75) is 56.5 Å². The fraction of sp³-hybridized carbons (Fsp3) is 0.476. The zero-order valence-corrected chi connectivity index (χ0v) is 19.5. The molecule has 0 saturated heterocycles. The molecule has 5 unspecified atom stereocenters. The summed E-state index contributed by atoms with van der Waals surface area (Å²) in [6.07, 6.45) is -1.62. The minimum absolute atomic E-state index is 0.0175. The van der Waals surface area contributed by atoms with E-state index in [4.69, 9.17) is 11.5 Å². The van der Waals surface area contributed by atoms with E-state index < -0.39 is 59.9 Å². The van der Waals surface area contributed by atoms with Crippen LogP contribution in [0.25, 0.3) is 0 Å². The van der Waals surface area contributed by atoms with Crippen molar-refractivity contribution in [2.24, 2.45) is 11.5 Å². The van der Waals surface area contributed by atoms with Gasteiger partial charge >= 0.3 is 5.97 Å². The van der Waals surface area contributed by atoms with Crippen LogP contribution in [0.3, 0.4) is 0 Å². The van der Waals surface area contributed by atoms with E-state index in [1.54, 1.807) is 30.3 Å². The molecular formula is C21H31N5O7S. The summed E-state index contributed by atoms with van der Waals surface area (Å²) in [7, 11) is 0. The number of hydrogen-bond donors (Lipinski definition) is 8.